The third-order valence-electron chi connectivity index (χ3n) is 8.68. The van der Waals surface area contributed by atoms with E-state index in [-0.39, 0.29) is 24.8 Å². The Morgan fingerprint density at radius 3 is 2.03 bits per heavy atom. The minimum Gasteiger partial charge on any atom is -0.147 e. The summed E-state index contributed by atoms with van der Waals surface area (Å²) in [6.07, 6.45) is 5.40. The number of halogens is 2. The Hall–Kier alpha value is -0.660. The van der Waals surface area contributed by atoms with Crippen molar-refractivity contribution in [2.24, 2.45) is 11.8 Å². The molecular weight excluding hydrogens is 539 g/mol. The summed E-state index contributed by atoms with van der Waals surface area (Å²) >= 11 is -3.35. The van der Waals surface area contributed by atoms with Crippen LogP contribution in [0.3, 0.4) is 0 Å². The molecule has 5 rings (SSSR count). The molecule has 1 saturated carbocycles. The zero-order chi connectivity index (χ0) is 22.2. The number of hydrogen-bond donors (Lipinski definition) is 0. The molecule has 0 aromatic heterocycles. The molecule has 1 fully saturated rings. The van der Waals surface area contributed by atoms with Crippen LogP contribution in [0, 0.1) is 11.8 Å². The van der Waals surface area contributed by atoms with Gasteiger partial charge in [0.15, 0.2) is 0 Å². The van der Waals surface area contributed by atoms with Crippen LogP contribution in [-0.2, 0) is 17.4 Å². The van der Waals surface area contributed by atoms with Gasteiger partial charge in [-0.3, -0.25) is 0 Å². The predicted octanol–water partition coefficient (Wildman–Crippen LogP) is 8.64. The van der Waals surface area contributed by atoms with Crippen molar-refractivity contribution >= 4 is 37.8 Å². The molecule has 4 heteroatoms. The van der Waals surface area contributed by atoms with Crippen molar-refractivity contribution in [3.8, 4) is 11.1 Å². The fourth-order valence-corrected chi connectivity index (χ4v) is 27.8. The van der Waals surface area contributed by atoms with Crippen LogP contribution >= 0.6 is 24.8 Å². The van der Waals surface area contributed by atoms with Gasteiger partial charge in [-0.15, -0.1) is 24.8 Å². The Kier molecular flexibility index (Phi) is 7.42. The van der Waals surface area contributed by atoms with Crippen LogP contribution in [0.15, 0.2) is 74.1 Å². The third-order valence-corrected chi connectivity index (χ3v) is 25.8. The van der Waals surface area contributed by atoms with Gasteiger partial charge in [-0.2, -0.15) is 0 Å². The van der Waals surface area contributed by atoms with Gasteiger partial charge in [-0.25, -0.2) is 0 Å². The monoisotopic (exact) mass is 574 g/mol. The molecule has 2 atom stereocenters. The maximum absolute atomic E-state index is 3.35. The largest absolute Gasteiger partial charge is 0.147 e. The van der Waals surface area contributed by atoms with Crippen LogP contribution in [0.4, 0.5) is 0 Å². The van der Waals surface area contributed by atoms with Crippen molar-refractivity contribution in [1.29, 1.82) is 0 Å². The molecule has 0 bridgehead atoms. The molecule has 2 unspecified atom stereocenters. The van der Waals surface area contributed by atoms with Crippen molar-refractivity contribution in [2.45, 2.75) is 53.4 Å². The smallest absolute Gasteiger partial charge is 0.147 e. The molecule has 2 aromatic carbocycles. The van der Waals surface area contributed by atoms with Crippen LogP contribution in [-0.4, -0.2) is 6.88 Å². The number of rotatable bonds is 4. The Morgan fingerprint density at radius 2 is 1.48 bits per heavy atom. The molecule has 0 N–H and O–H groups in total. The second-order valence-corrected chi connectivity index (χ2v) is 40.8. The standard InChI is InChI=1S/C18H15.C9H13.2CH3.2ClH.H2Si.Zr/c1-2-5-14(6-3-1)17-8-4-7-15-11-16(12-18(15)17)13-9-10-13;1-6-5-7(2)9(4)8(6)3;;;;;;/h1-8,11-13H,9-10H2;6H,1-4H3;2*1H3;2*1H;1H2;. The van der Waals surface area contributed by atoms with Gasteiger partial charge < -0.3 is 0 Å². The molecule has 176 valence electrons. The summed E-state index contributed by atoms with van der Waals surface area (Å²) in [6.45, 7) is 12.1. The fourth-order valence-electron chi connectivity index (χ4n) is 6.94. The van der Waals surface area contributed by atoms with E-state index in [4.69, 9.17) is 0 Å². The van der Waals surface area contributed by atoms with E-state index in [1.165, 1.54) is 29.5 Å². The average molecular weight is 577 g/mol. The van der Waals surface area contributed by atoms with Crippen molar-refractivity contribution in [3.63, 3.8) is 0 Å². The molecule has 0 amide bonds. The molecule has 3 aliphatic carbocycles. The van der Waals surface area contributed by atoms with Crippen LogP contribution < -0.4 is 0 Å². The number of benzene rings is 2. The molecule has 0 saturated heterocycles. The first kappa shape index (κ1) is 26.9. The van der Waals surface area contributed by atoms with Crippen LogP contribution in [0.25, 0.3) is 17.2 Å². The zero-order valence-corrected chi connectivity index (χ0v) is 26.4. The Balaban J connectivity index is 0.00000153. The normalized spacial score (nSPS) is 22.6. The van der Waals surface area contributed by atoms with E-state index < -0.39 is 17.4 Å². The maximum Gasteiger partial charge on any atom is -0.147 e. The minimum atomic E-state index is -3.35. The van der Waals surface area contributed by atoms with E-state index in [2.05, 4.69) is 98.4 Å². The minimum absolute atomic E-state index is 0. The van der Waals surface area contributed by atoms with E-state index in [1.54, 1.807) is 27.9 Å². The molecular formula is C29H38Cl2SiZr. The first-order chi connectivity index (χ1) is 14.6. The molecule has 0 nitrogen and oxygen atoms in total. The summed E-state index contributed by atoms with van der Waals surface area (Å²) in [5.74, 6) is 1.42. The Bertz CT molecular complexity index is 1260. The zero-order valence-electron chi connectivity index (χ0n) is 20.9. The van der Waals surface area contributed by atoms with E-state index >= 15 is 0 Å². The second kappa shape index (κ2) is 9.09. The number of fused-ring (bicyclic) bond motifs is 1. The summed E-state index contributed by atoms with van der Waals surface area (Å²) in [5, 5.41) is 0. The molecule has 33 heavy (non-hydrogen) atoms. The van der Waals surface area contributed by atoms with Gasteiger partial charge in [0, 0.05) is 0 Å². The van der Waals surface area contributed by atoms with Crippen molar-refractivity contribution in [2.75, 3.05) is 0 Å². The molecule has 0 radical (unpaired) electrons. The number of hydrogen-bond acceptors (Lipinski definition) is 0. The van der Waals surface area contributed by atoms with Gasteiger partial charge in [0.05, 0.1) is 0 Å². The fraction of sp³-hybridized carbons (Fsp3) is 0.379. The number of allylic oxidation sites excluding steroid dienone is 5. The van der Waals surface area contributed by atoms with Crippen LogP contribution in [0.1, 0.15) is 55.3 Å². The Morgan fingerprint density at radius 1 is 0.848 bits per heavy atom. The van der Waals surface area contributed by atoms with Crippen LogP contribution in [0.5, 0.6) is 0 Å². The molecule has 0 heterocycles. The SMILES string of the molecule is CC1=C(C)C(C)[C]([Zr]([CH3])([CH3])(=[SiH2])[CH]2C(C3CC3)=Cc3c(-c4ccccc4)cccc32)=C1C.Cl.Cl. The quantitative estimate of drug-likeness (QED) is 0.320. The first-order valence-electron chi connectivity index (χ1n) is 12.0. The van der Waals surface area contributed by atoms with Gasteiger partial charge in [0.2, 0.25) is 0 Å². The summed E-state index contributed by atoms with van der Waals surface area (Å²) in [5.41, 5.74) is 12.5. The van der Waals surface area contributed by atoms with E-state index in [9.17, 15) is 0 Å². The van der Waals surface area contributed by atoms with Crippen LogP contribution in [0.2, 0.25) is 9.26 Å². The van der Waals surface area contributed by atoms with Gasteiger partial charge in [-0.1, -0.05) is 0 Å². The maximum atomic E-state index is 2.76. The summed E-state index contributed by atoms with van der Waals surface area (Å²) < 4.78 is 8.03. The topological polar surface area (TPSA) is 0 Å². The summed E-state index contributed by atoms with van der Waals surface area (Å²) in [4.78, 5) is 0. The molecule has 3 aliphatic rings. The van der Waals surface area contributed by atoms with Gasteiger partial charge in [0.1, 0.15) is 0 Å². The van der Waals surface area contributed by atoms with Gasteiger partial charge >= 0.3 is 192 Å². The van der Waals surface area contributed by atoms with E-state index in [0.717, 1.165) is 5.92 Å². The van der Waals surface area contributed by atoms with Crippen molar-refractivity contribution in [1.82, 2.24) is 0 Å². The molecule has 0 spiro atoms. The summed E-state index contributed by atoms with van der Waals surface area (Å²) in [6, 6.07) is 18.1. The van der Waals surface area contributed by atoms with Gasteiger partial charge in [-0.05, 0) is 0 Å². The first-order valence-corrected chi connectivity index (χ1v) is 25.4. The van der Waals surface area contributed by atoms with Crippen molar-refractivity contribution < 1.29 is 17.4 Å². The van der Waals surface area contributed by atoms with E-state index in [0.29, 0.717) is 9.54 Å². The van der Waals surface area contributed by atoms with Crippen molar-refractivity contribution in [3.05, 3.63) is 85.2 Å². The average Bonchev–Trinajstić information content (AvgIpc) is 3.46. The predicted molar refractivity (Wildman–Crippen MR) is 150 cm³/mol. The summed E-state index contributed by atoms with van der Waals surface area (Å²) in [7, 11) is 0. The molecule has 2 aromatic rings. The van der Waals surface area contributed by atoms with E-state index in [1.807, 2.05) is 3.28 Å². The molecule has 0 aliphatic heterocycles. The third kappa shape index (κ3) is 4.18. The Labute approximate surface area is 215 Å². The van der Waals surface area contributed by atoms with Gasteiger partial charge in [0.25, 0.3) is 0 Å². The second-order valence-electron chi connectivity index (χ2n) is 11.4.